The van der Waals surface area contributed by atoms with Gasteiger partial charge < -0.3 is 29.5 Å². The van der Waals surface area contributed by atoms with Crippen molar-refractivity contribution in [3.05, 3.63) is 0 Å². The molecular formula is C11H20O6. The summed E-state index contributed by atoms with van der Waals surface area (Å²) in [6.07, 6.45) is -2.90. The second-order valence-electron chi connectivity index (χ2n) is 4.53. The van der Waals surface area contributed by atoms with Crippen LogP contribution in [-0.4, -0.2) is 58.4 Å². The van der Waals surface area contributed by atoms with Gasteiger partial charge in [0, 0.05) is 0 Å². The molecule has 2 aliphatic rings. The van der Waals surface area contributed by atoms with Crippen LogP contribution in [-0.2, 0) is 14.2 Å². The van der Waals surface area contributed by atoms with Crippen LogP contribution < -0.4 is 0 Å². The Morgan fingerprint density at radius 2 is 1.88 bits per heavy atom. The van der Waals surface area contributed by atoms with Crippen LogP contribution in [0.5, 0.6) is 0 Å². The first-order chi connectivity index (χ1) is 8.06. The van der Waals surface area contributed by atoms with Crippen molar-refractivity contribution in [3.8, 4) is 0 Å². The molecule has 0 aromatic rings. The van der Waals surface area contributed by atoms with E-state index in [-0.39, 0.29) is 0 Å². The van der Waals surface area contributed by atoms with Crippen molar-refractivity contribution in [1.29, 1.82) is 0 Å². The minimum atomic E-state index is -1.12. The largest absolute Gasteiger partial charge is 0.394 e. The smallest absolute Gasteiger partial charge is 0.190 e. The van der Waals surface area contributed by atoms with Gasteiger partial charge in [0.05, 0.1) is 6.61 Å². The number of hydrogen-bond acceptors (Lipinski definition) is 6. The lowest BCUT2D eigenvalue weighted by atomic mass is 10.1. The average molecular weight is 248 g/mol. The van der Waals surface area contributed by atoms with Crippen LogP contribution in [0.25, 0.3) is 0 Å². The first kappa shape index (κ1) is 13.2. The van der Waals surface area contributed by atoms with E-state index < -0.39 is 43.1 Å². The zero-order valence-corrected chi connectivity index (χ0v) is 10.1. The molecule has 0 bridgehead atoms. The Kier molecular flexibility index (Phi) is 3.72. The van der Waals surface area contributed by atoms with E-state index in [1.165, 1.54) is 0 Å². The highest BCUT2D eigenvalue weighted by Crippen LogP contribution is 2.41. The summed E-state index contributed by atoms with van der Waals surface area (Å²) in [5.41, 5.74) is 0. The van der Waals surface area contributed by atoms with Gasteiger partial charge in [-0.2, -0.15) is 0 Å². The molecule has 0 spiro atoms. The van der Waals surface area contributed by atoms with Crippen LogP contribution in [0.2, 0.25) is 0 Å². The maximum absolute atomic E-state index is 9.98. The highest BCUT2D eigenvalue weighted by atomic mass is 16.8. The summed E-state index contributed by atoms with van der Waals surface area (Å²) in [5.74, 6) is -0.703. The van der Waals surface area contributed by atoms with Crippen molar-refractivity contribution < 1.29 is 29.5 Å². The fourth-order valence-corrected chi connectivity index (χ4v) is 2.37. The standard InChI is InChI=1S/C11H20O6/c1-3-11(4-2)16-9-7(14)8(6(13)5-12)15-10(9)17-11/h6-10,12-14H,3-5H2,1-2H3/t6-,7+,8-,9-,10-/m1/s1. The molecule has 0 amide bonds. The number of rotatable bonds is 4. The molecule has 0 radical (unpaired) electrons. The molecule has 0 aromatic heterocycles. The molecule has 2 heterocycles. The number of aliphatic hydroxyl groups is 3. The zero-order chi connectivity index (χ0) is 12.6. The first-order valence-electron chi connectivity index (χ1n) is 6.05. The van der Waals surface area contributed by atoms with E-state index in [1.54, 1.807) is 0 Å². The minimum absolute atomic E-state index is 0.464. The van der Waals surface area contributed by atoms with Gasteiger partial charge >= 0.3 is 0 Å². The normalized spacial score (nSPS) is 41.5. The molecule has 0 aliphatic carbocycles. The molecule has 17 heavy (non-hydrogen) atoms. The van der Waals surface area contributed by atoms with Gasteiger partial charge in [0.15, 0.2) is 12.1 Å². The van der Waals surface area contributed by atoms with Gasteiger partial charge in [-0.05, 0) is 12.8 Å². The van der Waals surface area contributed by atoms with Crippen molar-refractivity contribution in [1.82, 2.24) is 0 Å². The highest BCUT2D eigenvalue weighted by Gasteiger charge is 2.57. The van der Waals surface area contributed by atoms with E-state index in [9.17, 15) is 10.2 Å². The molecular weight excluding hydrogens is 228 g/mol. The van der Waals surface area contributed by atoms with Gasteiger partial charge in [-0.25, -0.2) is 0 Å². The predicted molar refractivity (Wildman–Crippen MR) is 57.0 cm³/mol. The molecule has 2 aliphatic heterocycles. The van der Waals surface area contributed by atoms with Crippen molar-refractivity contribution in [2.24, 2.45) is 0 Å². The third-order valence-electron chi connectivity index (χ3n) is 3.56. The first-order valence-corrected chi connectivity index (χ1v) is 6.05. The lowest BCUT2D eigenvalue weighted by molar-refractivity contribution is -0.245. The van der Waals surface area contributed by atoms with Crippen LogP contribution in [0.3, 0.4) is 0 Å². The lowest BCUT2D eigenvalue weighted by Gasteiger charge is -2.29. The summed E-state index contributed by atoms with van der Waals surface area (Å²) in [5, 5.41) is 28.3. The highest BCUT2D eigenvalue weighted by molar-refractivity contribution is 4.96. The number of hydrogen-bond donors (Lipinski definition) is 3. The van der Waals surface area contributed by atoms with E-state index >= 15 is 0 Å². The van der Waals surface area contributed by atoms with Crippen LogP contribution in [0.1, 0.15) is 26.7 Å². The van der Waals surface area contributed by atoms with E-state index in [0.717, 1.165) is 0 Å². The van der Waals surface area contributed by atoms with Gasteiger partial charge in [-0.15, -0.1) is 0 Å². The topological polar surface area (TPSA) is 88.4 Å². The summed E-state index contributed by atoms with van der Waals surface area (Å²) in [6, 6.07) is 0. The fourth-order valence-electron chi connectivity index (χ4n) is 2.37. The van der Waals surface area contributed by atoms with E-state index in [2.05, 4.69) is 0 Å². The van der Waals surface area contributed by atoms with E-state index in [0.29, 0.717) is 12.8 Å². The molecule has 3 N–H and O–H groups in total. The molecule has 6 nitrogen and oxygen atoms in total. The molecule has 2 rings (SSSR count). The summed E-state index contributed by atoms with van der Waals surface area (Å²) in [4.78, 5) is 0. The summed E-state index contributed by atoms with van der Waals surface area (Å²) < 4.78 is 16.8. The second-order valence-corrected chi connectivity index (χ2v) is 4.53. The van der Waals surface area contributed by atoms with E-state index in [1.807, 2.05) is 13.8 Å². The summed E-state index contributed by atoms with van der Waals surface area (Å²) in [7, 11) is 0. The Hall–Kier alpha value is -0.240. The van der Waals surface area contributed by atoms with Crippen LogP contribution in [0, 0.1) is 0 Å². The maximum atomic E-state index is 9.98. The Morgan fingerprint density at radius 1 is 1.24 bits per heavy atom. The molecule has 100 valence electrons. The minimum Gasteiger partial charge on any atom is -0.394 e. The molecule has 6 heteroatoms. The molecule has 0 unspecified atom stereocenters. The van der Waals surface area contributed by atoms with Gasteiger partial charge in [0.25, 0.3) is 0 Å². The fraction of sp³-hybridized carbons (Fsp3) is 1.00. The van der Waals surface area contributed by atoms with Gasteiger partial charge in [0.2, 0.25) is 0 Å². The summed E-state index contributed by atoms with van der Waals surface area (Å²) in [6.45, 7) is 3.42. The Bertz CT molecular complexity index is 267. The molecule has 2 fully saturated rings. The molecule has 5 atom stereocenters. The lowest BCUT2D eigenvalue weighted by Crippen LogP contribution is -2.43. The monoisotopic (exact) mass is 248 g/mol. The average Bonchev–Trinajstić information content (AvgIpc) is 2.86. The number of aliphatic hydroxyl groups excluding tert-OH is 3. The Balaban J connectivity index is 2.05. The molecule has 2 saturated heterocycles. The van der Waals surface area contributed by atoms with Gasteiger partial charge in [-0.1, -0.05) is 13.8 Å². The molecule has 0 saturated carbocycles. The quantitative estimate of drug-likeness (QED) is 0.613. The van der Waals surface area contributed by atoms with Crippen LogP contribution in [0.15, 0.2) is 0 Å². The predicted octanol–water partition coefficient (Wildman–Crippen LogP) is -0.643. The van der Waals surface area contributed by atoms with Crippen molar-refractivity contribution in [2.45, 2.75) is 63.2 Å². The third kappa shape index (κ3) is 2.09. The maximum Gasteiger partial charge on any atom is 0.190 e. The second kappa shape index (κ2) is 4.79. The van der Waals surface area contributed by atoms with E-state index in [4.69, 9.17) is 19.3 Å². The van der Waals surface area contributed by atoms with Crippen LogP contribution in [0.4, 0.5) is 0 Å². The zero-order valence-electron chi connectivity index (χ0n) is 10.1. The Morgan fingerprint density at radius 3 is 2.35 bits per heavy atom. The molecule has 0 aromatic carbocycles. The van der Waals surface area contributed by atoms with Crippen molar-refractivity contribution in [3.63, 3.8) is 0 Å². The SMILES string of the molecule is CCC1(CC)O[C@H]2O[C@H]([C@H](O)CO)[C@H](O)[C@H]2O1. The number of fused-ring (bicyclic) bond motifs is 1. The number of ether oxygens (including phenoxy) is 3. The third-order valence-corrected chi connectivity index (χ3v) is 3.56. The van der Waals surface area contributed by atoms with Gasteiger partial charge in [-0.3, -0.25) is 0 Å². The van der Waals surface area contributed by atoms with Crippen molar-refractivity contribution in [2.75, 3.05) is 6.61 Å². The van der Waals surface area contributed by atoms with Gasteiger partial charge in [0.1, 0.15) is 24.4 Å². The van der Waals surface area contributed by atoms with Crippen LogP contribution >= 0.6 is 0 Å². The van der Waals surface area contributed by atoms with Crippen molar-refractivity contribution >= 4 is 0 Å². The summed E-state index contributed by atoms with van der Waals surface area (Å²) >= 11 is 0. The Labute approximate surface area is 100 Å².